The molecule has 0 aliphatic heterocycles. The van der Waals surface area contributed by atoms with E-state index in [1.807, 2.05) is 25.5 Å². The Labute approximate surface area is 118 Å². The predicted molar refractivity (Wildman–Crippen MR) is 82.4 cm³/mol. The standard InChI is InChI=1S/C17H17N3/c1-20-13-17(12-19-20)18-11-14-7-9-16(10-8-14)15-5-3-2-4-6-15/h2-10,12-13,18H,11H2,1H3. The molecule has 1 aromatic heterocycles. The molecule has 0 radical (unpaired) electrons. The maximum absolute atomic E-state index is 4.14. The van der Waals surface area contributed by atoms with Crippen LogP contribution in [0, 0.1) is 0 Å². The van der Waals surface area contributed by atoms with E-state index in [0.29, 0.717) is 0 Å². The average Bonchev–Trinajstić information content (AvgIpc) is 2.92. The lowest BCUT2D eigenvalue weighted by Crippen LogP contribution is -1.98. The number of benzene rings is 2. The van der Waals surface area contributed by atoms with Crippen LogP contribution in [0.1, 0.15) is 5.56 Å². The Morgan fingerprint density at radius 3 is 2.30 bits per heavy atom. The normalized spacial score (nSPS) is 10.4. The summed E-state index contributed by atoms with van der Waals surface area (Å²) in [7, 11) is 1.92. The van der Waals surface area contributed by atoms with Crippen LogP contribution in [0.5, 0.6) is 0 Å². The van der Waals surface area contributed by atoms with Gasteiger partial charge in [0.1, 0.15) is 0 Å². The minimum atomic E-state index is 0.806. The zero-order chi connectivity index (χ0) is 13.8. The molecule has 1 heterocycles. The van der Waals surface area contributed by atoms with Crippen molar-refractivity contribution in [3.63, 3.8) is 0 Å². The van der Waals surface area contributed by atoms with Gasteiger partial charge >= 0.3 is 0 Å². The molecule has 2 aromatic carbocycles. The summed E-state index contributed by atoms with van der Waals surface area (Å²) >= 11 is 0. The first-order chi connectivity index (χ1) is 9.81. The van der Waals surface area contributed by atoms with Gasteiger partial charge in [-0.15, -0.1) is 0 Å². The molecular weight excluding hydrogens is 246 g/mol. The third-order valence-electron chi connectivity index (χ3n) is 3.26. The highest BCUT2D eigenvalue weighted by Gasteiger charge is 1.99. The van der Waals surface area contributed by atoms with E-state index < -0.39 is 0 Å². The van der Waals surface area contributed by atoms with Gasteiger partial charge in [-0.3, -0.25) is 4.68 Å². The smallest absolute Gasteiger partial charge is 0.0729 e. The molecule has 0 aliphatic rings. The fourth-order valence-corrected chi connectivity index (χ4v) is 2.16. The van der Waals surface area contributed by atoms with Crippen LogP contribution in [0.25, 0.3) is 11.1 Å². The minimum absolute atomic E-state index is 0.806. The SMILES string of the molecule is Cn1cc(NCc2ccc(-c3ccccc3)cc2)cn1. The zero-order valence-corrected chi connectivity index (χ0v) is 11.5. The molecule has 1 N–H and O–H groups in total. The number of aromatic nitrogens is 2. The van der Waals surface area contributed by atoms with Crippen LogP contribution < -0.4 is 5.32 Å². The van der Waals surface area contributed by atoms with Gasteiger partial charge in [-0.2, -0.15) is 5.10 Å². The molecule has 0 aliphatic carbocycles. The summed E-state index contributed by atoms with van der Waals surface area (Å²) in [6.07, 6.45) is 3.80. The van der Waals surface area contributed by atoms with Crippen LogP contribution in [-0.2, 0) is 13.6 Å². The predicted octanol–water partition coefficient (Wildman–Crippen LogP) is 3.70. The Bertz CT molecular complexity index is 669. The van der Waals surface area contributed by atoms with Crippen LogP contribution in [0.3, 0.4) is 0 Å². The van der Waals surface area contributed by atoms with Crippen molar-refractivity contribution in [3.05, 3.63) is 72.6 Å². The average molecular weight is 263 g/mol. The molecule has 0 fully saturated rings. The van der Waals surface area contributed by atoms with Gasteiger partial charge in [0.05, 0.1) is 11.9 Å². The second kappa shape index (κ2) is 5.61. The number of nitrogens with zero attached hydrogens (tertiary/aromatic N) is 2. The number of aryl methyl sites for hydroxylation is 1. The number of hydrogen-bond acceptors (Lipinski definition) is 2. The topological polar surface area (TPSA) is 29.9 Å². The molecule has 3 rings (SSSR count). The second-order valence-corrected chi connectivity index (χ2v) is 4.82. The lowest BCUT2D eigenvalue weighted by molar-refractivity contribution is 0.768. The second-order valence-electron chi connectivity index (χ2n) is 4.82. The molecule has 3 aromatic rings. The van der Waals surface area contributed by atoms with Gasteiger partial charge in [0.15, 0.2) is 0 Å². The number of rotatable bonds is 4. The molecule has 0 saturated heterocycles. The van der Waals surface area contributed by atoms with Gasteiger partial charge < -0.3 is 5.32 Å². The van der Waals surface area contributed by atoms with Gasteiger partial charge in [0.25, 0.3) is 0 Å². The van der Waals surface area contributed by atoms with Crippen LogP contribution in [0.4, 0.5) is 5.69 Å². The van der Waals surface area contributed by atoms with Crippen molar-refractivity contribution in [1.29, 1.82) is 0 Å². The van der Waals surface area contributed by atoms with Gasteiger partial charge in [-0.25, -0.2) is 0 Å². The summed E-state index contributed by atoms with van der Waals surface area (Å²) in [6, 6.07) is 19.1. The molecule has 0 amide bonds. The van der Waals surface area contributed by atoms with E-state index in [0.717, 1.165) is 12.2 Å². The van der Waals surface area contributed by atoms with Crippen LogP contribution >= 0.6 is 0 Å². The zero-order valence-electron chi connectivity index (χ0n) is 11.5. The fraction of sp³-hybridized carbons (Fsp3) is 0.118. The molecule has 0 unspecified atom stereocenters. The number of anilines is 1. The van der Waals surface area contributed by atoms with E-state index in [-0.39, 0.29) is 0 Å². The molecule has 0 spiro atoms. The molecule has 3 heteroatoms. The van der Waals surface area contributed by atoms with Gasteiger partial charge in [0, 0.05) is 19.8 Å². The van der Waals surface area contributed by atoms with E-state index in [2.05, 4.69) is 58.9 Å². The quantitative estimate of drug-likeness (QED) is 0.778. The van der Waals surface area contributed by atoms with E-state index in [1.165, 1.54) is 16.7 Å². The molecule has 100 valence electrons. The van der Waals surface area contributed by atoms with E-state index in [9.17, 15) is 0 Å². The largest absolute Gasteiger partial charge is 0.378 e. The van der Waals surface area contributed by atoms with Crippen molar-refractivity contribution in [2.24, 2.45) is 7.05 Å². The highest BCUT2D eigenvalue weighted by Crippen LogP contribution is 2.19. The van der Waals surface area contributed by atoms with E-state index in [4.69, 9.17) is 0 Å². The first-order valence-electron chi connectivity index (χ1n) is 6.68. The third-order valence-corrected chi connectivity index (χ3v) is 3.26. The maximum Gasteiger partial charge on any atom is 0.0729 e. The molecule has 0 saturated carbocycles. The highest BCUT2D eigenvalue weighted by atomic mass is 15.3. The van der Waals surface area contributed by atoms with Crippen molar-refractivity contribution in [3.8, 4) is 11.1 Å². The Kier molecular flexibility index (Phi) is 3.50. The molecule has 3 nitrogen and oxygen atoms in total. The first-order valence-corrected chi connectivity index (χ1v) is 6.68. The lowest BCUT2D eigenvalue weighted by Gasteiger charge is -2.06. The monoisotopic (exact) mass is 263 g/mol. The van der Waals surface area contributed by atoms with Gasteiger partial charge in [0.2, 0.25) is 0 Å². The Morgan fingerprint density at radius 1 is 0.950 bits per heavy atom. The molecule has 20 heavy (non-hydrogen) atoms. The molecule has 0 bridgehead atoms. The summed E-state index contributed by atoms with van der Waals surface area (Å²) < 4.78 is 1.79. The van der Waals surface area contributed by atoms with E-state index >= 15 is 0 Å². The Morgan fingerprint density at radius 2 is 1.65 bits per heavy atom. The lowest BCUT2D eigenvalue weighted by atomic mass is 10.0. The van der Waals surface area contributed by atoms with Gasteiger partial charge in [-0.05, 0) is 16.7 Å². The maximum atomic E-state index is 4.14. The van der Waals surface area contributed by atoms with Crippen LogP contribution in [0.2, 0.25) is 0 Å². The van der Waals surface area contributed by atoms with Crippen molar-refractivity contribution >= 4 is 5.69 Å². The van der Waals surface area contributed by atoms with Crippen LogP contribution in [-0.4, -0.2) is 9.78 Å². The van der Waals surface area contributed by atoms with Crippen molar-refractivity contribution in [2.45, 2.75) is 6.54 Å². The van der Waals surface area contributed by atoms with Crippen molar-refractivity contribution in [2.75, 3.05) is 5.32 Å². The van der Waals surface area contributed by atoms with Crippen molar-refractivity contribution < 1.29 is 0 Å². The summed E-state index contributed by atoms with van der Waals surface area (Å²) in [4.78, 5) is 0. The molecular formula is C17H17N3. The van der Waals surface area contributed by atoms with Crippen LogP contribution in [0.15, 0.2) is 67.0 Å². The number of hydrogen-bond donors (Lipinski definition) is 1. The summed E-state index contributed by atoms with van der Waals surface area (Å²) in [5.41, 5.74) is 4.79. The van der Waals surface area contributed by atoms with E-state index in [1.54, 1.807) is 4.68 Å². The van der Waals surface area contributed by atoms with Gasteiger partial charge in [-0.1, -0.05) is 54.6 Å². The fourth-order valence-electron chi connectivity index (χ4n) is 2.16. The Balaban J connectivity index is 1.67. The van der Waals surface area contributed by atoms with Crippen molar-refractivity contribution in [1.82, 2.24) is 9.78 Å². The summed E-state index contributed by atoms with van der Waals surface area (Å²) in [5, 5.41) is 7.49. The highest BCUT2D eigenvalue weighted by molar-refractivity contribution is 5.63. The Hall–Kier alpha value is -2.55. The first kappa shape index (κ1) is 12.5. The number of nitrogens with one attached hydrogen (secondary N) is 1. The summed E-state index contributed by atoms with van der Waals surface area (Å²) in [6.45, 7) is 0.806. The minimum Gasteiger partial charge on any atom is -0.378 e. The third kappa shape index (κ3) is 2.88. The summed E-state index contributed by atoms with van der Waals surface area (Å²) in [5.74, 6) is 0. The molecule has 0 atom stereocenters.